The second kappa shape index (κ2) is 6.71. The highest BCUT2D eigenvalue weighted by molar-refractivity contribution is 5.79. The molecule has 0 aromatic heterocycles. The lowest BCUT2D eigenvalue weighted by Gasteiger charge is -2.37. The maximum absolute atomic E-state index is 12.6. The Kier molecular flexibility index (Phi) is 5.22. The molecule has 4 nitrogen and oxygen atoms in total. The van der Waals surface area contributed by atoms with Gasteiger partial charge in [0.1, 0.15) is 0 Å². The molecular formula is C15H29N3O. The van der Waals surface area contributed by atoms with E-state index in [-0.39, 0.29) is 5.92 Å². The number of hydrogen-bond donors (Lipinski definition) is 1. The summed E-state index contributed by atoms with van der Waals surface area (Å²) in [5.74, 6) is 0.966. The molecule has 0 bridgehead atoms. The molecular weight excluding hydrogens is 238 g/mol. The van der Waals surface area contributed by atoms with Crippen molar-refractivity contribution in [2.24, 2.45) is 17.6 Å². The van der Waals surface area contributed by atoms with Gasteiger partial charge in [-0.2, -0.15) is 0 Å². The van der Waals surface area contributed by atoms with E-state index >= 15 is 0 Å². The van der Waals surface area contributed by atoms with E-state index in [1.54, 1.807) is 0 Å². The molecule has 0 radical (unpaired) electrons. The topological polar surface area (TPSA) is 49.6 Å². The zero-order valence-corrected chi connectivity index (χ0v) is 12.5. The second-order valence-electron chi connectivity index (χ2n) is 6.15. The van der Waals surface area contributed by atoms with E-state index in [1.807, 2.05) is 11.9 Å². The van der Waals surface area contributed by atoms with Crippen molar-refractivity contribution in [2.45, 2.75) is 45.1 Å². The minimum absolute atomic E-state index is 0.194. The van der Waals surface area contributed by atoms with E-state index in [4.69, 9.17) is 5.73 Å². The van der Waals surface area contributed by atoms with Gasteiger partial charge in [-0.05, 0) is 44.7 Å². The van der Waals surface area contributed by atoms with Crippen molar-refractivity contribution in [1.82, 2.24) is 9.80 Å². The van der Waals surface area contributed by atoms with Crippen LogP contribution in [0.4, 0.5) is 0 Å². The molecule has 0 unspecified atom stereocenters. The average Bonchev–Trinajstić information content (AvgIpc) is 2.94. The van der Waals surface area contributed by atoms with Crippen molar-refractivity contribution in [2.75, 3.05) is 33.2 Å². The van der Waals surface area contributed by atoms with Gasteiger partial charge in [-0.25, -0.2) is 0 Å². The summed E-state index contributed by atoms with van der Waals surface area (Å²) in [6.45, 7) is 6.26. The maximum Gasteiger partial charge on any atom is 0.226 e. The fourth-order valence-corrected chi connectivity index (χ4v) is 3.71. The van der Waals surface area contributed by atoms with Gasteiger partial charge in [0, 0.05) is 32.1 Å². The molecule has 110 valence electrons. The molecule has 2 N–H and O–H groups in total. The van der Waals surface area contributed by atoms with Gasteiger partial charge >= 0.3 is 0 Å². The van der Waals surface area contributed by atoms with Gasteiger partial charge in [0.15, 0.2) is 0 Å². The van der Waals surface area contributed by atoms with Crippen LogP contribution in [0.5, 0.6) is 0 Å². The van der Waals surface area contributed by atoms with E-state index in [2.05, 4.69) is 11.8 Å². The van der Waals surface area contributed by atoms with Crippen LogP contribution >= 0.6 is 0 Å². The van der Waals surface area contributed by atoms with Crippen molar-refractivity contribution in [3.8, 4) is 0 Å². The van der Waals surface area contributed by atoms with Crippen LogP contribution in [0, 0.1) is 11.8 Å². The summed E-state index contributed by atoms with van der Waals surface area (Å²) in [5.41, 5.74) is 5.80. The van der Waals surface area contributed by atoms with E-state index in [0.29, 0.717) is 24.4 Å². The van der Waals surface area contributed by atoms with Crippen LogP contribution in [0.25, 0.3) is 0 Å². The van der Waals surface area contributed by atoms with Crippen LogP contribution in [0.2, 0.25) is 0 Å². The molecule has 1 amide bonds. The summed E-state index contributed by atoms with van der Waals surface area (Å²) in [6.07, 6.45) is 5.58. The number of carbonyl (C=O) groups is 1. The Morgan fingerprint density at radius 1 is 1.26 bits per heavy atom. The molecule has 4 heteroatoms. The summed E-state index contributed by atoms with van der Waals surface area (Å²) in [4.78, 5) is 17.1. The van der Waals surface area contributed by atoms with Gasteiger partial charge in [-0.3, -0.25) is 4.79 Å². The fourth-order valence-electron chi connectivity index (χ4n) is 3.71. The van der Waals surface area contributed by atoms with E-state index < -0.39 is 0 Å². The Hall–Kier alpha value is -0.610. The van der Waals surface area contributed by atoms with Crippen molar-refractivity contribution in [1.29, 1.82) is 0 Å². The molecule has 19 heavy (non-hydrogen) atoms. The first-order valence-electron chi connectivity index (χ1n) is 7.86. The highest BCUT2D eigenvalue weighted by atomic mass is 16.2. The van der Waals surface area contributed by atoms with Gasteiger partial charge in [-0.1, -0.05) is 13.3 Å². The first-order chi connectivity index (χ1) is 9.17. The molecule has 1 saturated carbocycles. The zero-order valence-electron chi connectivity index (χ0n) is 12.5. The predicted molar refractivity (Wildman–Crippen MR) is 77.8 cm³/mol. The number of amides is 1. The molecule has 2 fully saturated rings. The summed E-state index contributed by atoms with van der Waals surface area (Å²) in [5, 5.41) is 0. The van der Waals surface area contributed by atoms with Gasteiger partial charge in [0.2, 0.25) is 5.91 Å². The fraction of sp³-hybridized carbons (Fsp3) is 0.933. The summed E-state index contributed by atoms with van der Waals surface area (Å²) >= 11 is 0. The minimum Gasteiger partial charge on any atom is -0.342 e. The Balaban J connectivity index is 1.89. The highest BCUT2D eigenvalue weighted by Gasteiger charge is 2.36. The van der Waals surface area contributed by atoms with Crippen LogP contribution in [-0.2, 0) is 4.79 Å². The molecule has 0 aromatic carbocycles. The van der Waals surface area contributed by atoms with Crippen molar-refractivity contribution < 1.29 is 4.79 Å². The number of likely N-dealkylation sites (tertiary alicyclic amines) is 1. The Morgan fingerprint density at radius 2 is 1.95 bits per heavy atom. The molecule has 0 spiro atoms. The molecule has 1 saturated heterocycles. The number of rotatable bonds is 4. The number of nitrogens with two attached hydrogens (primary N) is 1. The quantitative estimate of drug-likeness (QED) is 0.835. The molecule has 1 heterocycles. The lowest BCUT2D eigenvalue weighted by atomic mass is 9.93. The van der Waals surface area contributed by atoms with Crippen LogP contribution in [0.15, 0.2) is 0 Å². The predicted octanol–water partition coefficient (Wildman–Crippen LogP) is 1.30. The molecule has 1 aliphatic heterocycles. The molecule has 1 aliphatic carbocycles. The maximum atomic E-state index is 12.6. The van der Waals surface area contributed by atoms with Crippen LogP contribution in [-0.4, -0.2) is 55.0 Å². The van der Waals surface area contributed by atoms with E-state index in [1.165, 1.54) is 6.42 Å². The first kappa shape index (κ1) is 14.8. The highest BCUT2D eigenvalue weighted by Crippen LogP contribution is 2.33. The molecule has 2 rings (SSSR count). The van der Waals surface area contributed by atoms with Gasteiger partial charge < -0.3 is 15.5 Å². The van der Waals surface area contributed by atoms with Crippen molar-refractivity contribution in [3.63, 3.8) is 0 Å². The largest absolute Gasteiger partial charge is 0.342 e. The molecule has 2 aliphatic rings. The summed E-state index contributed by atoms with van der Waals surface area (Å²) in [6, 6.07) is 0.439. The zero-order chi connectivity index (χ0) is 13.8. The second-order valence-corrected chi connectivity index (χ2v) is 6.15. The van der Waals surface area contributed by atoms with E-state index in [0.717, 1.165) is 45.3 Å². The normalized spacial score (nSPS) is 29.6. The van der Waals surface area contributed by atoms with Crippen molar-refractivity contribution in [3.05, 3.63) is 0 Å². The molecule has 0 aromatic rings. The molecule has 2 atom stereocenters. The van der Waals surface area contributed by atoms with Gasteiger partial charge in [0.05, 0.1) is 0 Å². The Morgan fingerprint density at radius 3 is 2.53 bits per heavy atom. The Bertz CT molecular complexity index is 300. The van der Waals surface area contributed by atoms with Crippen molar-refractivity contribution >= 4 is 5.91 Å². The third-order valence-electron chi connectivity index (χ3n) is 5.18. The van der Waals surface area contributed by atoms with Crippen LogP contribution in [0.1, 0.15) is 39.0 Å². The van der Waals surface area contributed by atoms with Crippen LogP contribution in [0.3, 0.4) is 0 Å². The smallest absolute Gasteiger partial charge is 0.226 e. The number of nitrogens with zero attached hydrogens (tertiary/aromatic N) is 2. The lowest BCUT2D eigenvalue weighted by molar-refractivity contribution is -0.138. The van der Waals surface area contributed by atoms with Gasteiger partial charge in [-0.15, -0.1) is 0 Å². The number of carbonyl (C=O) groups excluding carboxylic acids is 1. The van der Waals surface area contributed by atoms with E-state index in [9.17, 15) is 4.79 Å². The minimum atomic E-state index is 0.194. The summed E-state index contributed by atoms with van der Waals surface area (Å²) < 4.78 is 0. The van der Waals surface area contributed by atoms with Gasteiger partial charge in [0.25, 0.3) is 0 Å². The average molecular weight is 267 g/mol. The Labute approximate surface area is 117 Å². The third kappa shape index (κ3) is 3.29. The third-order valence-corrected chi connectivity index (χ3v) is 5.18. The number of hydrogen-bond acceptors (Lipinski definition) is 3. The summed E-state index contributed by atoms with van der Waals surface area (Å²) in [7, 11) is 2.00. The monoisotopic (exact) mass is 267 g/mol. The standard InChI is InChI=1S/C15H29N3O/c1-3-18-9-7-13(8-10-18)17(2)15(19)14-6-4-5-12(14)11-16/h12-14H,3-11,16H2,1-2H3/t12-,14-/m1/s1. The lowest BCUT2D eigenvalue weighted by Crippen LogP contribution is -2.48. The van der Waals surface area contributed by atoms with Crippen LogP contribution < -0.4 is 5.73 Å². The number of piperidine rings is 1. The SMILES string of the molecule is CCN1CCC(N(C)C(=O)[C@@H]2CCC[C@@H]2CN)CC1. The first-order valence-corrected chi connectivity index (χ1v) is 7.86.